The maximum absolute atomic E-state index is 11.8. The lowest BCUT2D eigenvalue weighted by Crippen LogP contribution is -2.28. The fourth-order valence-corrected chi connectivity index (χ4v) is 1.89. The van der Waals surface area contributed by atoms with Crippen molar-refractivity contribution in [2.24, 2.45) is 5.10 Å². The summed E-state index contributed by atoms with van der Waals surface area (Å²) in [5.41, 5.74) is 3.64. The van der Waals surface area contributed by atoms with Gasteiger partial charge in [-0.1, -0.05) is 15.9 Å². The topological polar surface area (TPSA) is 90.8 Å². The summed E-state index contributed by atoms with van der Waals surface area (Å²) in [5.74, 6) is -1.20. The number of benzene rings is 2. The van der Waals surface area contributed by atoms with E-state index in [1.54, 1.807) is 48.5 Å². The molecule has 0 unspecified atom stereocenters. The van der Waals surface area contributed by atoms with E-state index < -0.39 is 12.6 Å². The summed E-state index contributed by atoms with van der Waals surface area (Å²) in [7, 11) is 0. The van der Waals surface area contributed by atoms with E-state index in [0.29, 0.717) is 11.3 Å². The van der Waals surface area contributed by atoms with Crippen LogP contribution < -0.4 is 15.3 Å². The molecule has 7 heteroatoms. The first-order valence-electron chi connectivity index (χ1n) is 6.56. The monoisotopic (exact) mass is 375 g/mol. The van der Waals surface area contributed by atoms with E-state index in [2.05, 4.69) is 26.5 Å². The van der Waals surface area contributed by atoms with Gasteiger partial charge in [0.2, 0.25) is 0 Å². The molecule has 2 aromatic carbocycles. The first-order chi connectivity index (χ1) is 11.0. The number of aliphatic carboxylic acids is 1. The molecule has 1 amide bonds. The first kappa shape index (κ1) is 16.7. The largest absolute Gasteiger partial charge is 0.546 e. The number of nitrogens with one attached hydrogen (secondary N) is 1. The highest BCUT2D eigenvalue weighted by atomic mass is 79.9. The molecule has 0 aliphatic carbocycles. The van der Waals surface area contributed by atoms with Gasteiger partial charge in [-0.3, -0.25) is 4.79 Å². The number of ether oxygens (including phenoxy) is 1. The van der Waals surface area contributed by atoms with Crippen LogP contribution in [0, 0.1) is 0 Å². The molecule has 0 saturated heterocycles. The number of hydrogen-bond acceptors (Lipinski definition) is 5. The van der Waals surface area contributed by atoms with E-state index in [4.69, 9.17) is 4.74 Å². The van der Waals surface area contributed by atoms with Gasteiger partial charge in [0.1, 0.15) is 12.4 Å². The number of rotatable bonds is 6. The number of nitrogens with zero attached hydrogens (tertiary/aromatic N) is 1. The second kappa shape index (κ2) is 8.09. The lowest BCUT2D eigenvalue weighted by molar-refractivity contribution is -0.307. The number of hydrazone groups is 1. The maximum atomic E-state index is 11.8. The van der Waals surface area contributed by atoms with Crippen LogP contribution in [0.2, 0.25) is 0 Å². The molecule has 0 saturated carbocycles. The molecule has 118 valence electrons. The van der Waals surface area contributed by atoms with Crippen LogP contribution in [0.4, 0.5) is 0 Å². The van der Waals surface area contributed by atoms with Crippen LogP contribution in [0.5, 0.6) is 5.75 Å². The molecule has 0 fully saturated rings. The van der Waals surface area contributed by atoms with Crippen molar-refractivity contribution in [2.75, 3.05) is 6.61 Å². The lowest BCUT2D eigenvalue weighted by Gasteiger charge is -2.06. The van der Waals surface area contributed by atoms with Crippen molar-refractivity contribution < 1.29 is 19.4 Å². The van der Waals surface area contributed by atoms with Crippen molar-refractivity contribution in [3.63, 3.8) is 0 Å². The van der Waals surface area contributed by atoms with Crippen LogP contribution >= 0.6 is 15.9 Å². The average Bonchev–Trinajstić information content (AvgIpc) is 2.54. The highest BCUT2D eigenvalue weighted by molar-refractivity contribution is 9.10. The molecule has 0 bridgehead atoms. The first-order valence-corrected chi connectivity index (χ1v) is 7.35. The summed E-state index contributed by atoms with van der Waals surface area (Å²) in [6, 6.07) is 13.5. The minimum Gasteiger partial charge on any atom is -0.546 e. The molecule has 0 aliphatic heterocycles. The van der Waals surface area contributed by atoms with Gasteiger partial charge in [-0.05, 0) is 54.1 Å². The Morgan fingerprint density at radius 2 is 1.78 bits per heavy atom. The molecular weight excluding hydrogens is 364 g/mol. The fraction of sp³-hybridized carbons (Fsp3) is 0.0625. The van der Waals surface area contributed by atoms with Crippen LogP contribution in [-0.2, 0) is 4.79 Å². The molecule has 23 heavy (non-hydrogen) atoms. The molecule has 0 radical (unpaired) electrons. The normalized spacial score (nSPS) is 10.5. The Labute approximate surface area is 140 Å². The summed E-state index contributed by atoms with van der Waals surface area (Å²) in [6.45, 7) is -0.503. The van der Waals surface area contributed by atoms with E-state index in [-0.39, 0.29) is 5.91 Å². The third kappa shape index (κ3) is 5.55. The van der Waals surface area contributed by atoms with Gasteiger partial charge in [-0.25, -0.2) is 5.43 Å². The number of carbonyl (C=O) groups is 2. The van der Waals surface area contributed by atoms with Crippen LogP contribution in [0.15, 0.2) is 58.1 Å². The van der Waals surface area contributed by atoms with Crippen LogP contribution in [0.3, 0.4) is 0 Å². The zero-order valence-corrected chi connectivity index (χ0v) is 13.4. The van der Waals surface area contributed by atoms with Crippen molar-refractivity contribution in [3.8, 4) is 5.75 Å². The van der Waals surface area contributed by atoms with Gasteiger partial charge >= 0.3 is 0 Å². The zero-order valence-electron chi connectivity index (χ0n) is 11.9. The lowest BCUT2D eigenvalue weighted by atomic mass is 10.2. The number of carboxylic acid groups (broad SMARTS) is 1. The van der Waals surface area contributed by atoms with E-state index in [1.807, 2.05) is 0 Å². The smallest absolute Gasteiger partial charge is 0.271 e. The quantitative estimate of drug-likeness (QED) is 0.609. The third-order valence-corrected chi connectivity index (χ3v) is 3.25. The Morgan fingerprint density at radius 1 is 1.13 bits per heavy atom. The van der Waals surface area contributed by atoms with Gasteiger partial charge in [0.05, 0.1) is 12.2 Å². The number of carbonyl (C=O) groups excluding carboxylic acids is 2. The van der Waals surface area contributed by atoms with Gasteiger partial charge in [0.15, 0.2) is 0 Å². The van der Waals surface area contributed by atoms with E-state index in [1.165, 1.54) is 6.21 Å². The molecule has 6 nitrogen and oxygen atoms in total. The zero-order chi connectivity index (χ0) is 16.7. The van der Waals surface area contributed by atoms with Crippen molar-refractivity contribution in [2.45, 2.75) is 0 Å². The molecule has 2 aromatic rings. The minimum atomic E-state index is -1.29. The van der Waals surface area contributed by atoms with Crippen LogP contribution in [0.1, 0.15) is 15.9 Å². The van der Waals surface area contributed by atoms with Gasteiger partial charge in [-0.15, -0.1) is 0 Å². The summed E-state index contributed by atoms with van der Waals surface area (Å²) < 4.78 is 5.84. The Morgan fingerprint density at radius 3 is 2.39 bits per heavy atom. The van der Waals surface area contributed by atoms with Gasteiger partial charge in [0, 0.05) is 10.0 Å². The molecule has 0 spiro atoms. The predicted octanol–water partition coefficient (Wildman–Crippen LogP) is 1.34. The SMILES string of the molecule is O=C([O-])COc1ccc(/C=N\NC(=O)c2ccc(Br)cc2)cc1. The van der Waals surface area contributed by atoms with Crippen LogP contribution in [-0.4, -0.2) is 24.7 Å². The number of halogens is 1. The molecule has 2 rings (SSSR count). The molecule has 1 N–H and O–H groups in total. The number of carboxylic acids is 1. The summed E-state index contributed by atoms with van der Waals surface area (Å²) in [6.07, 6.45) is 1.47. The van der Waals surface area contributed by atoms with E-state index in [9.17, 15) is 14.7 Å². The number of amides is 1. The Balaban J connectivity index is 1.88. The highest BCUT2D eigenvalue weighted by Gasteiger charge is 2.02. The standard InChI is InChI=1S/C16H13BrN2O4/c17-13-5-3-12(4-6-13)16(22)19-18-9-11-1-7-14(8-2-11)23-10-15(20)21/h1-9H,10H2,(H,19,22)(H,20,21)/p-1/b18-9-. The van der Waals surface area contributed by atoms with Gasteiger partial charge < -0.3 is 14.6 Å². The predicted molar refractivity (Wildman–Crippen MR) is 86.1 cm³/mol. The number of hydrogen-bond donors (Lipinski definition) is 1. The third-order valence-electron chi connectivity index (χ3n) is 2.72. The molecular formula is C16H12BrN2O4-. The highest BCUT2D eigenvalue weighted by Crippen LogP contribution is 2.11. The summed E-state index contributed by atoms with van der Waals surface area (Å²) in [5, 5.41) is 14.1. The molecule has 0 atom stereocenters. The maximum Gasteiger partial charge on any atom is 0.271 e. The molecule has 0 heterocycles. The van der Waals surface area contributed by atoms with Crippen LogP contribution in [0.25, 0.3) is 0 Å². The molecule has 0 aromatic heterocycles. The second-order valence-electron chi connectivity index (χ2n) is 4.44. The summed E-state index contributed by atoms with van der Waals surface area (Å²) in [4.78, 5) is 22.1. The van der Waals surface area contributed by atoms with Gasteiger partial charge in [-0.2, -0.15) is 5.10 Å². The van der Waals surface area contributed by atoms with E-state index in [0.717, 1.165) is 10.0 Å². The minimum absolute atomic E-state index is 0.317. The van der Waals surface area contributed by atoms with Crippen molar-refractivity contribution in [3.05, 3.63) is 64.1 Å². The van der Waals surface area contributed by atoms with Crippen molar-refractivity contribution in [1.29, 1.82) is 0 Å². The van der Waals surface area contributed by atoms with Crippen molar-refractivity contribution >= 4 is 34.0 Å². The average molecular weight is 376 g/mol. The second-order valence-corrected chi connectivity index (χ2v) is 5.35. The van der Waals surface area contributed by atoms with E-state index >= 15 is 0 Å². The summed E-state index contributed by atoms with van der Waals surface area (Å²) >= 11 is 3.30. The Kier molecular flexibility index (Phi) is 5.87. The Hall–Kier alpha value is -2.67. The molecule has 0 aliphatic rings. The Bertz CT molecular complexity index is 712. The fourth-order valence-electron chi connectivity index (χ4n) is 1.62. The van der Waals surface area contributed by atoms with Crippen molar-refractivity contribution in [1.82, 2.24) is 5.43 Å². The van der Waals surface area contributed by atoms with Gasteiger partial charge in [0.25, 0.3) is 5.91 Å².